The van der Waals surface area contributed by atoms with Crippen molar-refractivity contribution in [1.29, 1.82) is 0 Å². The summed E-state index contributed by atoms with van der Waals surface area (Å²) in [5.74, 6) is -0.573. The minimum absolute atomic E-state index is 0.0448. The molecule has 3 aromatic rings. The van der Waals surface area contributed by atoms with Gasteiger partial charge < -0.3 is 19.7 Å². The Morgan fingerprint density at radius 1 is 1.03 bits per heavy atom. The normalized spacial score (nSPS) is 11.5. The van der Waals surface area contributed by atoms with E-state index in [-0.39, 0.29) is 18.9 Å². The zero-order valence-corrected chi connectivity index (χ0v) is 20.8. The van der Waals surface area contributed by atoms with Crippen LogP contribution >= 0.6 is 0 Å². The van der Waals surface area contributed by atoms with Crippen LogP contribution < -0.4 is 10.1 Å². The maximum Gasteiger partial charge on any atom is 0.303 e. The standard InChI is InChI=1S/C29H36N2O4/c1-3-4-5-6-9-17-31-18-16-24-21-23(14-15-26(24)31)22(2)20-28(32)30-25-11-7-8-12-27(25)35-19-10-13-29(33)34/h7-8,11-12,14-16,18,20-21H,3-6,9-10,13,17,19H2,1-2H3,(H,30,32)(H,33,34). The molecule has 0 radical (unpaired) electrons. The van der Waals surface area contributed by atoms with Crippen LogP contribution in [0.2, 0.25) is 0 Å². The Balaban J connectivity index is 1.61. The summed E-state index contributed by atoms with van der Waals surface area (Å²) in [6, 6.07) is 15.6. The lowest BCUT2D eigenvalue weighted by Crippen LogP contribution is -2.11. The smallest absolute Gasteiger partial charge is 0.303 e. The molecule has 1 amide bonds. The van der Waals surface area contributed by atoms with E-state index in [1.54, 1.807) is 18.2 Å². The maximum absolute atomic E-state index is 12.7. The Labute approximate surface area is 207 Å². The number of aromatic nitrogens is 1. The SMILES string of the molecule is CCCCCCCn1ccc2cc(C(C)=CC(=O)Nc3ccccc3OCCCC(=O)O)ccc21. The number of unbranched alkanes of at least 4 members (excludes halogenated alkanes) is 4. The van der Waals surface area contributed by atoms with Gasteiger partial charge >= 0.3 is 5.97 Å². The fraction of sp³-hybridized carbons (Fsp3) is 0.379. The fourth-order valence-electron chi connectivity index (χ4n) is 4.08. The minimum Gasteiger partial charge on any atom is -0.491 e. The highest BCUT2D eigenvalue weighted by Gasteiger charge is 2.09. The molecular formula is C29H36N2O4. The number of benzene rings is 2. The van der Waals surface area contributed by atoms with Crippen molar-refractivity contribution in [2.45, 2.75) is 65.3 Å². The molecule has 0 aliphatic heterocycles. The number of hydrogen-bond donors (Lipinski definition) is 2. The van der Waals surface area contributed by atoms with Crippen LogP contribution in [0.15, 0.2) is 60.8 Å². The summed E-state index contributed by atoms with van der Waals surface area (Å²) in [5, 5.41) is 12.8. The molecule has 186 valence electrons. The van der Waals surface area contributed by atoms with Gasteiger partial charge in [-0.25, -0.2) is 0 Å². The van der Waals surface area contributed by atoms with Crippen LogP contribution in [0.4, 0.5) is 5.69 Å². The van der Waals surface area contributed by atoms with Crippen molar-refractivity contribution >= 4 is 34.0 Å². The highest BCUT2D eigenvalue weighted by Crippen LogP contribution is 2.26. The van der Waals surface area contributed by atoms with Crippen molar-refractivity contribution < 1.29 is 19.4 Å². The number of hydrogen-bond acceptors (Lipinski definition) is 3. The number of nitrogens with zero attached hydrogens (tertiary/aromatic N) is 1. The minimum atomic E-state index is -0.854. The van der Waals surface area contributed by atoms with Crippen LogP contribution in [0, 0.1) is 0 Å². The third kappa shape index (κ3) is 8.02. The van der Waals surface area contributed by atoms with E-state index in [9.17, 15) is 9.59 Å². The summed E-state index contributed by atoms with van der Waals surface area (Å²) in [7, 11) is 0. The van der Waals surface area contributed by atoms with Gasteiger partial charge in [-0.1, -0.05) is 50.8 Å². The number of rotatable bonds is 14. The summed E-state index contributed by atoms with van der Waals surface area (Å²) < 4.78 is 7.98. The van der Waals surface area contributed by atoms with Gasteiger partial charge in [0, 0.05) is 36.1 Å². The van der Waals surface area contributed by atoms with Crippen LogP contribution in [0.5, 0.6) is 5.75 Å². The molecule has 0 saturated carbocycles. The Morgan fingerprint density at radius 2 is 1.83 bits per heavy atom. The molecule has 0 atom stereocenters. The fourth-order valence-corrected chi connectivity index (χ4v) is 4.08. The highest BCUT2D eigenvalue weighted by atomic mass is 16.5. The van der Waals surface area contributed by atoms with E-state index in [0.717, 1.165) is 17.7 Å². The first-order chi connectivity index (χ1) is 17.0. The summed E-state index contributed by atoms with van der Waals surface area (Å²) in [6.45, 7) is 5.46. The molecule has 35 heavy (non-hydrogen) atoms. The van der Waals surface area contributed by atoms with Crippen LogP contribution in [0.1, 0.15) is 64.4 Å². The molecule has 0 aliphatic carbocycles. The molecule has 0 fully saturated rings. The lowest BCUT2D eigenvalue weighted by molar-refractivity contribution is -0.137. The Kier molecular flexibility index (Phi) is 9.96. The number of carbonyl (C=O) groups excluding carboxylic acids is 1. The molecule has 1 aromatic heterocycles. The van der Waals surface area contributed by atoms with Crippen molar-refractivity contribution in [2.24, 2.45) is 0 Å². The van der Waals surface area contributed by atoms with Crippen molar-refractivity contribution in [3.63, 3.8) is 0 Å². The van der Waals surface area contributed by atoms with E-state index in [4.69, 9.17) is 9.84 Å². The predicted octanol–water partition coefficient (Wildman–Crippen LogP) is 6.90. The second-order valence-corrected chi connectivity index (χ2v) is 8.86. The molecule has 6 heteroatoms. The largest absolute Gasteiger partial charge is 0.491 e. The first kappa shape index (κ1) is 26.1. The van der Waals surface area contributed by atoms with Gasteiger partial charge in [0.2, 0.25) is 5.91 Å². The second-order valence-electron chi connectivity index (χ2n) is 8.86. The highest BCUT2D eigenvalue weighted by molar-refractivity contribution is 6.04. The van der Waals surface area contributed by atoms with Gasteiger partial charge in [-0.3, -0.25) is 9.59 Å². The molecule has 0 saturated heterocycles. The molecule has 0 aliphatic rings. The molecule has 3 rings (SSSR count). The Morgan fingerprint density at radius 3 is 2.63 bits per heavy atom. The molecule has 0 spiro atoms. The quantitative estimate of drug-likeness (QED) is 0.196. The van der Waals surface area contributed by atoms with Gasteiger partial charge in [0.15, 0.2) is 0 Å². The number of ether oxygens (including phenoxy) is 1. The third-order valence-electron chi connectivity index (χ3n) is 6.01. The predicted molar refractivity (Wildman–Crippen MR) is 142 cm³/mol. The monoisotopic (exact) mass is 476 g/mol. The number of amides is 1. The molecule has 2 N–H and O–H groups in total. The number of carboxylic acid groups (broad SMARTS) is 1. The number of allylic oxidation sites excluding steroid dienone is 1. The number of anilines is 1. The van der Waals surface area contributed by atoms with Gasteiger partial charge in [0.05, 0.1) is 12.3 Å². The topological polar surface area (TPSA) is 80.6 Å². The lowest BCUT2D eigenvalue weighted by Gasteiger charge is -2.11. The Hall–Kier alpha value is -3.54. The first-order valence-electron chi connectivity index (χ1n) is 12.5. The second kappa shape index (κ2) is 13.4. The van der Waals surface area contributed by atoms with Crippen LogP contribution in [-0.4, -0.2) is 28.2 Å². The van der Waals surface area contributed by atoms with E-state index in [0.29, 0.717) is 17.9 Å². The third-order valence-corrected chi connectivity index (χ3v) is 6.01. The van der Waals surface area contributed by atoms with Crippen molar-refractivity contribution in [3.05, 3.63) is 66.4 Å². The molecule has 6 nitrogen and oxygen atoms in total. The summed E-state index contributed by atoms with van der Waals surface area (Å²) in [6.07, 6.45) is 10.5. The number of carbonyl (C=O) groups is 2. The average Bonchev–Trinajstić information content (AvgIpc) is 3.24. The summed E-state index contributed by atoms with van der Waals surface area (Å²) >= 11 is 0. The number of para-hydroxylation sites is 2. The van der Waals surface area contributed by atoms with E-state index in [1.807, 2.05) is 19.1 Å². The van der Waals surface area contributed by atoms with Crippen LogP contribution in [-0.2, 0) is 16.1 Å². The summed E-state index contributed by atoms with van der Waals surface area (Å²) in [4.78, 5) is 23.4. The van der Waals surface area contributed by atoms with Crippen molar-refractivity contribution in [3.8, 4) is 5.75 Å². The van der Waals surface area contributed by atoms with E-state index in [2.05, 4.69) is 47.3 Å². The number of carboxylic acids is 1. The number of aliphatic carboxylic acids is 1. The molecule has 1 heterocycles. The Bertz CT molecular complexity index is 1160. The van der Waals surface area contributed by atoms with Crippen LogP contribution in [0.25, 0.3) is 16.5 Å². The van der Waals surface area contributed by atoms with E-state index in [1.165, 1.54) is 43.0 Å². The lowest BCUT2D eigenvalue weighted by atomic mass is 10.0. The molecule has 2 aromatic carbocycles. The summed E-state index contributed by atoms with van der Waals surface area (Å²) in [5.41, 5.74) is 3.65. The molecule has 0 bridgehead atoms. The first-order valence-corrected chi connectivity index (χ1v) is 12.5. The van der Waals surface area contributed by atoms with Gasteiger partial charge in [0.25, 0.3) is 0 Å². The van der Waals surface area contributed by atoms with E-state index >= 15 is 0 Å². The van der Waals surface area contributed by atoms with Crippen molar-refractivity contribution in [2.75, 3.05) is 11.9 Å². The molecular weight excluding hydrogens is 440 g/mol. The average molecular weight is 477 g/mol. The van der Waals surface area contributed by atoms with Crippen LogP contribution in [0.3, 0.4) is 0 Å². The van der Waals surface area contributed by atoms with Gasteiger partial charge in [-0.15, -0.1) is 0 Å². The zero-order valence-electron chi connectivity index (χ0n) is 20.8. The van der Waals surface area contributed by atoms with Gasteiger partial charge in [-0.05, 0) is 61.2 Å². The van der Waals surface area contributed by atoms with Crippen molar-refractivity contribution in [1.82, 2.24) is 4.57 Å². The van der Waals surface area contributed by atoms with Gasteiger partial charge in [0.1, 0.15) is 5.75 Å². The zero-order chi connectivity index (χ0) is 25.0. The molecule has 0 unspecified atom stereocenters. The number of nitrogens with one attached hydrogen (secondary N) is 1. The maximum atomic E-state index is 12.7. The van der Waals surface area contributed by atoms with E-state index < -0.39 is 5.97 Å². The number of fused-ring (bicyclic) bond motifs is 1. The van der Waals surface area contributed by atoms with Gasteiger partial charge in [-0.2, -0.15) is 0 Å². The number of aryl methyl sites for hydroxylation is 1.